The fraction of sp³-hybridized carbons (Fsp3) is 0.611. The monoisotopic (exact) mass is 289 g/mol. The Morgan fingerprint density at radius 2 is 1.76 bits per heavy atom. The summed E-state index contributed by atoms with van der Waals surface area (Å²) in [6.45, 7) is 6.01. The number of esters is 1. The van der Waals surface area contributed by atoms with Crippen molar-refractivity contribution < 1.29 is 9.53 Å². The van der Waals surface area contributed by atoms with Crippen molar-refractivity contribution in [3.63, 3.8) is 0 Å². The van der Waals surface area contributed by atoms with E-state index in [1.54, 1.807) is 0 Å². The summed E-state index contributed by atoms with van der Waals surface area (Å²) in [5.41, 5.74) is 1.05. The Balaban J connectivity index is 1.71. The van der Waals surface area contributed by atoms with E-state index in [0.29, 0.717) is 18.5 Å². The number of carbonyl (C=O) groups is 1. The molecule has 1 aromatic rings. The van der Waals surface area contributed by atoms with E-state index < -0.39 is 5.60 Å². The first-order valence-electron chi connectivity index (χ1n) is 7.94. The second-order valence-corrected chi connectivity index (χ2v) is 6.93. The van der Waals surface area contributed by atoms with Gasteiger partial charge in [0, 0.05) is 6.04 Å². The Labute approximate surface area is 128 Å². The Kier molecular flexibility index (Phi) is 5.40. The van der Waals surface area contributed by atoms with Crippen molar-refractivity contribution in [1.29, 1.82) is 0 Å². The molecule has 0 spiro atoms. The lowest BCUT2D eigenvalue weighted by molar-refractivity contribution is -0.153. The van der Waals surface area contributed by atoms with Crippen molar-refractivity contribution >= 4 is 5.97 Å². The van der Waals surface area contributed by atoms with Crippen LogP contribution in [0.5, 0.6) is 0 Å². The van der Waals surface area contributed by atoms with Gasteiger partial charge < -0.3 is 10.1 Å². The SMILES string of the molecule is CC(C)(C)OC(=O)CNC1CCC(c2ccccc2)CC1. The van der Waals surface area contributed by atoms with E-state index in [1.165, 1.54) is 18.4 Å². The van der Waals surface area contributed by atoms with Crippen molar-refractivity contribution in [2.45, 2.75) is 64.0 Å². The number of nitrogens with one attached hydrogen (secondary N) is 1. The van der Waals surface area contributed by atoms with Gasteiger partial charge in [0.25, 0.3) is 0 Å². The number of hydrogen-bond donors (Lipinski definition) is 1. The molecule has 0 unspecified atom stereocenters. The van der Waals surface area contributed by atoms with Crippen LogP contribution in [-0.2, 0) is 9.53 Å². The average molecular weight is 289 g/mol. The van der Waals surface area contributed by atoms with Gasteiger partial charge in [-0.1, -0.05) is 30.3 Å². The maximum Gasteiger partial charge on any atom is 0.320 e. The van der Waals surface area contributed by atoms with E-state index >= 15 is 0 Å². The molecule has 0 bridgehead atoms. The quantitative estimate of drug-likeness (QED) is 0.860. The third-order valence-corrected chi connectivity index (χ3v) is 3.95. The summed E-state index contributed by atoms with van der Waals surface area (Å²) in [6, 6.07) is 11.2. The summed E-state index contributed by atoms with van der Waals surface area (Å²) in [4.78, 5) is 11.7. The van der Waals surface area contributed by atoms with Gasteiger partial charge in [-0.15, -0.1) is 0 Å². The third-order valence-electron chi connectivity index (χ3n) is 3.95. The van der Waals surface area contributed by atoms with E-state index in [2.05, 4.69) is 35.6 Å². The maximum absolute atomic E-state index is 11.7. The van der Waals surface area contributed by atoms with Crippen molar-refractivity contribution in [3.05, 3.63) is 35.9 Å². The first kappa shape index (κ1) is 16.0. The van der Waals surface area contributed by atoms with Gasteiger partial charge in [0.2, 0.25) is 0 Å². The number of hydrogen-bond acceptors (Lipinski definition) is 3. The fourth-order valence-corrected chi connectivity index (χ4v) is 2.96. The molecule has 3 heteroatoms. The number of ether oxygens (including phenoxy) is 1. The first-order chi connectivity index (χ1) is 9.94. The Morgan fingerprint density at radius 1 is 1.14 bits per heavy atom. The maximum atomic E-state index is 11.7. The Morgan fingerprint density at radius 3 is 2.33 bits per heavy atom. The minimum Gasteiger partial charge on any atom is -0.459 e. The van der Waals surface area contributed by atoms with Crippen LogP contribution in [0.15, 0.2) is 30.3 Å². The van der Waals surface area contributed by atoms with Crippen molar-refractivity contribution in [1.82, 2.24) is 5.32 Å². The summed E-state index contributed by atoms with van der Waals surface area (Å²) in [7, 11) is 0. The smallest absolute Gasteiger partial charge is 0.320 e. The largest absolute Gasteiger partial charge is 0.459 e. The topological polar surface area (TPSA) is 38.3 Å². The lowest BCUT2D eigenvalue weighted by atomic mass is 9.82. The number of benzene rings is 1. The second-order valence-electron chi connectivity index (χ2n) is 6.93. The molecule has 1 aliphatic carbocycles. The molecule has 1 N–H and O–H groups in total. The molecule has 0 aliphatic heterocycles. The van der Waals surface area contributed by atoms with Crippen molar-refractivity contribution in [2.75, 3.05) is 6.54 Å². The molecule has 1 aliphatic rings. The van der Waals surface area contributed by atoms with Gasteiger partial charge >= 0.3 is 5.97 Å². The van der Waals surface area contributed by atoms with Crippen LogP contribution in [0, 0.1) is 0 Å². The molecular formula is C18H27NO2. The third kappa shape index (κ3) is 5.50. The van der Waals surface area contributed by atoms with Gasteiger partial charge in [-0.25, -0.2) is 0 Å². The Bertz CT molecular complexity index is 442. The zero-order valence-corrected chi connectivity index (χ0v) is 13.4. The first-order valence-corrected chi connectivity index (χ1v) is 7.94. The minimum atomic E-state index is -0.399. The lowest BCUT2D eigenvalue weighted by Gasteiger charge is -2.29. The van der Waals surface area contributed by atoms with Gasteiger partial charge in [-0.3, -0.25) is 4.79 Å². The Hall–Kier alpha value is -1.35. The van der Waals surface area contributed by atoms with Crippen LogP contribution in [-0.4, -0.2) is 24.2 Å². The van der Waals surface area contributed by atoms with Gasteiger partial charge in [0.15, 0.2) is 0 Å². The van der Waals surface area contributed by atoms with Gasteiger partial charge in [0.1, 0.15) is 5.60 Å². The lowest BCUT2D eigenvalue weighted by Crippen LogP contribution is -2.38. The predicted molar refractivity (Wildman–Crippen MR) is 85.3 cm³/mol. The van der Waals surface area contributed by atoms with Crippen LogP contribution in [0.3, 0.4) is 0 Å². The van der Waals surface area contributed by atoms with Gasteiger partial charge in [-0.05, 0) is 57.9 Å². The summed E-state index contributed by atoms with van der Waals surface area (Å²) in [6.07, 6.45) is 4.64. The highest BCUT2D eigenvalue weighted by Crippen LogP contribution is 2.32. The molecule has 3 nitrogen and oxygen atoms in total. The summed E-state index contributed by atoms with van der Waals surface area (Å²) in [5.74, 6) is 0.512. The van der Waals surface area contributed by atoms with Crippen LogP contribution < -0.4 is 5.32 Å². The molecule has 0 radical (unpaired) electrons. The molecule has 1 aromatic carbocycles. The molecule has 0 atom stereocenters. The summed E-state index contributed by atoms with van der Waals surface area (Å²) in [5, 5.41) is 3.34. The van der Waals surface area contributed by atoms with E-state index in [4.69, 9.17) is 4.74 Å². The van der Waals surface area contributed by atoms with Crippen molar-refractivity contribution in [3.8, 4) is 0 Å². The van der Waals surface area contributed by atoms with Gasteiger partial charge in [-0.2, -0.15) is 0 Å². The molecule has 1 saturated carbocycles. The predicted octanol–water partition coefficient (Wildman–Crippen LogP) is 3.64. The van der Waals surface area contributed by atoms with E-state index in [1.807, 2.05) is 20.8 Å². The number of carbonyl (C=O) groups excluding carboxylic acids is 1. The van der Waals surface area contributed by atoms with E-state index in [0.717, 1.165) is 12.8 Å². The summed E-state index contributed by atoms with van der Waals surface area (Å²) >= 11 is 0. The van der Waals surface area contributed by atoms with Crippen LogP contribution in [0.2, 0.25) is 0 Å². The molecule has 0 aromatic heterocycles. The fourth-order valence-electron chi connectivity index (χ4n) is 2.96. The second kappa shape index (κ2) is 7.08. The molecule has 116 valence electrons. The normalized spacial score (nSPS) is 22.8. The van der Waals surface area contributed by atoms with E-state index in [9.17, 15) is 4.79 Å². The molecule has 21 heavy (non-hydrogen) atoms. The molecule has 1 fully saturated rings. The molecule has 0 saturated heterocycles. The highest BCUT2D eigenvalue weighted by Gasteiger charge is 2.23. The van der Waals surface area contributed by atoms with Crippen LogP contribution >= 0.6 is 0 Å². The highest BCUT2D eigenvalue weighted by atomic mass is 16.6. The van der Waals surface area contributed by atoms with Crippen molar-refractivity contribution in [2.24, 2.45) is 0 Å². The van der Waals surface area contributed by atoms with Crippen LogP contribution in [0.4, 0.5) is 0 Å². The molecule has 0 amide bonds. The van der Waals surface area contributed by atoms with E-state index in [-0.39, 0.29) is 5.97 Å². The average Bonchev–Trinajstić information content (AvgIpc) is 2.45. The number of rotatable bonds is 4. The molecule has 2 rings (SSSR count). The zero-order chi connectivity index (χ0) is 15.3. The zero-order valence-electron chi connectivity index (χ0n) is 13.4. The molecular weight excluding hydrogens is 262 g/mol. The van der Waals surface area contributed by atoms with Crippen LogP contribution in [0.1, 0.15) is 57.9 Å². The highest BCUT2D eigenvalue weighted by molar-refractivity contribution is 5.72. The summed E-state index contributed by atoms with van der Waals surface area (Å²) < 4.78 is 5.32. The molecule has 0 heterocycles. The minimum absolute atomic E-state index is 0.160. The van der Waals surface area contributed by atoms with Gasteiger partial charge in [0.05, 0.1) is 6.54 Å². The van der Waals surface area contributed by atoms with Crippen LogP contribution in [0.25, 0.3) is 0 Å². The standard InChI is InChI=1S/C18H27NO2/c1-18(2,3)21-17(20)13-19-16-11-9-15(10-12-16)14-7-5-4-6-8-14/h4-8,15-16,19H,9-13H2,1-3H3.